The van der Waals surface area contributed by atoms with Gasteiger partial charge in [0.15, 0.2) is 0 Å². The summed E-state index contributed by atoms with van der Waals surface area (Å²) in [4.78, 5) is 11.4. The van der Waals surface area contributed by atoms with Crippen molar-refractivity contribution in [1.29, 1.82) is 0 Å². The Balaban J connectivity index is 1.95. The van der Waals surface area contributed by atoms with Gasteiger partial charge in [0.05, 0.1) is 0 Å². The smallest absolute Gasteiger partial charge is 0.330 e. The molecule has 2 nitrogen and oxygen atoms in total. The van der Waals surface area contributed by atoms with Crippen LogP contribution in [0.15, 0.2) is 67.3 Å². The number of hydrogen-bond donors (Lipinski definition) is 0. The fourth-order valence-electron chi connectivity index (χ4n) is 3.22. The quantitative estimate of drug-likeness (QED) is 0.402. The van der Waals surface area contributed by atoms with Crippen molar-refractivity contribution in [2.24, 2.45) is 0 Å². The predicted molar refractivity (Wildman–Crippen MR) is 88.4 cm³/mol. The van der Waals surface area contributed by atoms with Gasteiger partial charge in [-0.05, 0) is 38.6 Å². The fourth-order valence-corrected chi connectivity index (χ4v) is 3.22. The van der Waals surface area contributed by atoms with E-state index in [0.29, 0.717) is 0 Å². The average molecular weight is 286 g/mol. The molecule has 4 rings (SSSR count). The molecule has 3 aromatic rings. The van der Waals surface area contributed by atoms with Crippen molar-refractivity contribution in [1.82, 2.24) is 0 Å². The summed E-state index contributed by atoms with van der Waals surface area (Å²) in [7, 11) is 0. The van der Waals surface area contributed by atoms with Gasteiger partial charge in [0.1, 0.15) is 6.61 Å². The van der Waals surface area contributed by atoms with Crippen LogP contribution in [0.3, 0.4) is 0 Å². The molecule has 0 amide bonds. The highest BCUT2D eigenvalue weighted by atomic mass is 16.5. The Hall–Kier alpha value is -2.87. The van der Waals surface area contributed by atoms with Gasteiger partial charge in [0.25, 0.3) is 0 Å². The second kappa shape index (κ2) is 4.85. The van der Waals surface area contributed by atoms with Gasteiger partial charge in [-0.2, -0.15) is 0 Å². The van der Waals surface area contributed by atoms with Crippen molar-refractivity contribution in [2.75, 3.05) is 0 Å². The van der Waals surface area contributed by atoms with Gasteiger partial charge in [-0.1, -0.05) is 61.2 Å². The highest BCUT2D eigenvalue weighted by Gasteiger charge is 2.23. The molecule has 1 aliphatic rings. The zero-order valence-electron chi connectivity index (χ0n) is 12.0. The van der Waals surface area contributed by atoms with Crippen LogP contribution in [0.4, 0.5) is 0 Å². The number of carbonyl (C=O) groups is 1. The third-order valence-corrected chi connectivity index (χ3v) is 4.16. The van der Waals surface area contributed by atoms with Crippen molar-refractivity contribution >= 4 is 16.7 Å². The molecular formula is C20H14O2. The Kier molecular flexibility index (Phi) is 2.83. The minimum Gasteiger partial charge on any atom is -0.458 e. The van der Waals surface area contributed by atoms with E-state index >= 15 is 0 Å². The number of fused-ring (bicyclic) bond motifs is 3. The Labute approximate surface area is 128 Å². The van der Waals surface area contributed by atoms with Crippen molar-refractivity contribution in [3.8, 4) is 22.3 Å². The van der Waals surface area contributed by atoms with Crippen LogP contribution in [-0.4, -0.2) is 5.97 Å². The summed E-state index contributed by atoms with van der Waals surface area (Å²) in [5.74, 6) is -0.396. The van der Waals surface area contributed by atoms with E-state index in [1.807, 2.05) is 12.1 Å². The van der Waals surface area contributed by atoms with Crippen LogP contribution in [0.2, 0.25) is 0 Å². The average Bonchev–Trinajstić information content (AvgIpc) is 2.91. The first kappa shape index (κ1) is 12.8. The largest absolute Gasteiger partial charge is 0.458 e. The summed E-state index contributed by atoms with van der Waals surface area (Å²) in [6, 6.07) is 18.9. The molecule has 0 saturated carbocycles. The summed E-state index contributed by atoms with van der Waals surface area (Å²) in [6.45, 7) is 3.70. The van der Waals surface area contributed by atoms with E-state index in [4.69, 9.17) is 4.74 Å². The molecule has 106 valence electrons. The van der Waals surface area contributed by atoms with Gasteiger partial charge in [-0.15, -0.1) is 0 Å². The molecule has 0 radical (unpaired) electrons. The molecule has 0 unspecified atom stereocenters. The van der Waals surface area contributed by atoms with Crippen LogP contribution in [0, 0.1) is 0 Å². The van der Waals surface area contributed by atoms with Crippen LogP contribution < -0.4 is 0 Å². The molecule has 0 saturated heterocycles. The molecular weight excluding hydrogens is 272 g/mol. The number of esters is 1. The minimum atomic E-state index is -0.396. The lowest BCUT2D eigenvalue weighted by atomic mass is 9.98. The number of carbonyl (C=O) groups excluding carboxylic acids is 1. The first-order chi connectivity index (χ1) is 10.8. The van der Waals surface area contributed by atoms with E-state index in [2.05, 4.69) is 49.0 Å². The van der Waals surface area contributed by atoms with E-state index in [0.717, 1.165) is 5.56 Å². The van der Waals surface area contributed by atoms with E-state index in [-0.39, 0.29) is 6.61 Å². The first-order valence-electron chi connectivity index (χ1n) is 7.23. The molecule has 2 heteroatoms. The van der Waals surface area contributed by atoms with Crippen LogP contribution in [0.5, 0.6) is 0 Å². The Morgan fingerprint density at radius 3 is 2.55 bits per heavy atom. The zero-order valence-corrected chi connectivity index (χ0v) is 12.0. The summed E-state index contributed by atoms with van der Waals surface area (Å²) >= 11 is 0. The number of ether oxygens (including phenoxy) is 1. The van der Waals surface area contributed by atoms with Crippen LogP contribution >= 0.6 is 0 Å². The van der Waals surface area contributed by atoms with Gasteiger partial charge in [-0.25, -0.2) is 4.79 Å². The zero-order chi connectivity index (χ0) is 15.1. The Morgan fingerprint density at radius 1 is 0.955 bits per heavy atom. The van der Waals surface area contributed by atoms with E-state index in [1.165, 1.54) is 39.1 Å². The molecule has 0 heterocycles. The molecule has 22 heavy (non-hydrogen) atoms. The molecule has 0 aromatic heterocycles. The molecule has 1 aliphatic carbocycles. The summed E-state index contributed by atoms with van der Waals surface area (Å²) in [6.07, 6.45) is 1.19. The Morgan fingerprint density at radius 2 is 1.73 bits per heavy atom. The lowest BCUT2D eigenvalue weighted by Crippen LogP contribution is -2.01. The highest BCUT2D eigenvalue weighted by Crippen LogP contribution is 2.48. The van der Waals surface area contributed by atoms with E-state index in [9.17, 15) is 4.79 Å². The van der Waals surface area contributed by atoms with E-state index in [1.54, 1.807) is 0 Å². The third-order valence-electron chi connectivity index (χ3n) is 4.16. The molecule has 0 spiro atoms. The van der Waals surface area contributed by atoms with Crippen LogP contribution in [0.1, 0.15) is 5.56 Å². The van der Waals surface area contributed by atoms with E-state index < -0.39 is 5.97 Å². The van der Waals surface area contributed by atoms with Gasteiger partial charge in [0.2, 0.25) is 0 Å². The van der Waals surface area contributed by atoms with Crippen molar-refractivity contribution < 1.29 is 9.53 Å². The summed E-state index contributed by atoms with van der Waals surface area (Å²) in [5, 5.41) is 2.46. The minimum absolute atomic E-state index is 0.263. The monoisotopic (exact) mass is 286 g/mol. The van der Waals surface area contributed by atoms with Gasteiger partial charge >= 0.3 is 5.97 Å². The predicted octanol–water partition coefficient (Wildman–Crippen LogP) is 4.72. The second-order valence-electron chi connectivity index (χ2n) is 5.36. The molecule has 0 aliphatic heterocycles. The molecule has 0 N–H and O–H groups in total. The van der Waals surface area contributed by atoms with Crippen molar-refractivity contribution in [2.45, 2.75) is 6.61 Å². The molecule has 3 aromatic carbocycles. The fraction of sp³-hybridized carbons (Fsp3) is 0.0500. The lowest BCUT2D eigenvalue weighted by Gasteiger charge is -2.10. The Bertz CT molecular complexity index is 922. The molecule has 0 fully saturated rings. The SMILES string of the molecule is C=CC(=O)OCc1ccc2cccc3c2c1-c1ccccc1-3. The maximum Gasteiger partial charge on any atom is 0.330 e. The first-order valence-corrected chi connectivity index (χ1v) is 7.23. The van der Waals surface area contributed by atoms with Crippen LogP contribution in [0.25, 0.3) is 33.0 Å². The van der Waals surface area contributed by atoms with Gasteiger partial charge < -0.3 is 4.74 Å². The van der Waals surface area contributed by atoms with Crippen molar-refractivity contribution in [3.63, 3.8) is 0 Å². The maximum atomic E-state index is 11.4. The maximum absolute atomic E-state index is 11.4. The number of hydrogen-bond acceptors (Lipinski definition) is 2. The van der Waals surface area contributed by atoms with Crippen LogP contribution in [-0.2, 0) is 16.1 Å². The third kappa shape index (κ3) is 1.77. The van der Waals surface area contributed by atoms with Crippen molar-refractivity contribution in [3.05, 3.63) is 72.8 Å². The topological polar surface area (TPSA) is 26.3 Å². The summed E-state index contributed by atoms with van der Waals surface area (Å²) < 4.78 is 5.25. The normalized spacial score (nSPS) is 11.3. The highest BCUT2D eigenvalue weighted by molar-refractivity contribution is 6.16. The number of benzene rings is 3. The van der Waals surface area contributed by atoms with Gasteiger partial charge in [-0.3, -0.25) is 0 Å². The number of rotatable bonds is 3. The standard InChI is InChI=1S/C20H14O2/c1-2-18(21)22-12-14-11-10-13-6-5-9-17-15-7-3-4-8-16(15)20(14)19(13)17/h2-11H,1,12H2. The molecule has 0 bridgehead atoms. The summed E-state index contributed by atoms with van der Waals surface area (Å²) in [5.41, 5.74) is 5.91. The molecule has 0 atom stereocenters. The van der Waals surface area contributed by atoms with Gasteiger partial charge in [0, 0.05) is 6.08 Å². The second-order valence-corrected chi connectivity index (χ2v) is 5.36. The lowest BCUT2D eigenvalue weighted by molar-refractivity contribution is -0.138.